The van der Waals surface area contributed by atoms with Crippen molar-refractivity contribution in [3.63, 3.8) is 0 Å². The lowest BCUT2D eigenvalue weighted by Crippen LogP contribution is -2.47. The van der Waals surface area contributed by atoms with Gasteiger partial charge in [0.2, 0.25) is 0 Å². The van der Waals surface area contributed by atoms with E-state index in [0.29, 0.717) is 24.0 Å². The Labute approximate surface area is 190 Å². The molecule has 3 unspecified atom stereocenters. The first-order valence-corrected chi connectivity index (χ1v) is 12.2. The lowest BCUT2D eigenvalue weighted by molar-refractivity contribution is 0.0598. The second-order valence-electron chi connectivity index (χ2n) is 9.76. The van der Waals surface area contributed by atoms with Crippen LogP contribution < -0.4 is 10.1 Å². The summed E-state index contributed by atoms with van der Waals surface area (Å²) in [6.45, 7) is 6.33. The van der Waals surface area contributed by atoms with Crippen molar-refractivity contribution in [3.8, 4) is 5.75 Å². The van der Waals surface area contributed by atoms with Crippen molar-refractivity contribution in [2.24, 2.45) is 17.3 Å². The van der Waals surface area contributed by atoms with E-state index in [9.17, 15) is 4.79 Å². The van der Waals surface area contributed by atoms with E-state index >= 15 is 0 Å². The first-order valence-electron chi connectivity index (χ1n) is 11.8. The number of hydrogen-bond donors (Lipinski definition) is 1. The summed E-state index contributed by atoms with van der Waals surface area (Å²) < 4.78 is 5.49. The van der Waals surface area contributed by atoms with Gasteiger partial charge in [-0.2, -0.15) is 0 Å². The van der Waals surface area contributed by atoms with Crippen molar-refractivity contribution in [1.82, 2.24) is 15.1 Å². The molecule has 1 saturated carbocycles. The van der Waals surface area contributed by atoms with Crippen LogP contribution >= 0.6 is 12.2 Å². The van der Waals surface area contributed by atoms with Crippen LogP contribution in [-0.4, -0.2) is 59.6 Å². The number of likely N-dealkylation sites (tertiary alicyclic amines) is 2. The summed E-state index contributed by atoms with van der Waals surface area (Å²) in [6.07, 6.45) is 10.6. The van der Waals surface area contributed by atoms with E-state index in [1.165, 1.54) is 19.3 Å². The number of amides is 1. The van der Waals surface area contributed by atoms with Gasteiger partial charge in [0, 0.05) is 37.8 Å². The zero-order valence-corrected chi connectivity index (χ0v) is 19.2. The largest absolute Gasteiger partial charge is 0.494 e. The molecule has 166 valence electrons. The van der Waals surface area contributed by atoms with Gasteiger partial charge in [-0.05, 0) is 92.8 Å². The first-order chi connectivity index (χ1) is 15.0. The van der Waals surface area contributed by atoms with E-state index in [0.717, 1.165) is 61.4 Å². The normalized spacial score (nSPS) is 28.4. The highest BCUT2D eigenvalue weighted by Gasteiger charge is 2.43. The van der Waals surface area contributed by atoms with Crippen LogP contribution in [0.4, 0.5) is 0 Å². The van der Waals surface area contributed by atoms with Gasteiger partial charge in [-0.3, -0.25) is 4.79 Å². The molecule has 2 heterocycles. The van der Waals surface area contributed by atoms with Crippen molar-refractivity contribution >= 4 is 23.2 Å². The summed E-state index contributed by atoms with van der Waals surface area (Å²) in [6, 6.07) is 8.05. The van der Waals surface area contributed by atoms with Crippen LogP contribution in [0.25, 0.3) is 0 Å². The number of rotatable bonds is 4. The van der Waals surface area contributed by atoms with Crippen molar-refractivity contribution in [3.05, 3.63) is 42.0 Å². The van der Waals surface area contributed by atoms with Gasteiger partial charge in [0.15, 0.2) is 5.11 Å². The SMILES string of the molecule is CCOc1ccc(C(=O)N2CCC3(CC2)CCN(C(=S)NC2CC4C=CC2C4)C3)cc1. The third-order valence-corrected chi connectivity index (χ3v) is 8.21. The quantitative estimate of drug-likeness (QED) is 0.570. The fraction of sp³-hybridized carbons (Fsp3) is 0.600. The van der Waals surface area contributed by atoms with Crippen LogP contribution in [0, 0.1) is 17.3 Å². The van der Waals surface area contributed by atoms with Crippen LogP contribution in [0.5, 0.6) is 5.75 Å². The molecule has 1 aromatic carbocycles. The predicted octanol–water partition coefficient (Wildman–Crippen LogP) is 3.85. The van der Waals surface area contributed by atoms with E-state index < -0.39 is 0 Å². The molecule has 6 heteroatoms. The molecule has 2 saturated heterocycles. The van der Waals surface area contributed by atoms with Crippen LogP contribution in [0.15, 0.2) is 36.4 Å². The molecule has 1 spiro atoms. The molecular weight excluding hydrogens is 406 g/mol. The van der Waals surface area contributed by atoms with Crippen molar-refractivity contribution in [2.75, 3.05) is 32.8 Å². The van der Waals surface area contributed by atoms with Crippen molar-refractivity contribution in [1.29, 1.82) is 0 Å². The number of carbonyl (C=O) groups excluding carboxylic acids is 1. The number of carbonyl (C=O) groups is 1. The van der Waals surface area contributed by atoms with E-state index in [1.54, 1.807) is 0 Å². The first kappa shape index (κ1) is 20.8. The Morgan fingerprint density at radius 1 is 1.10 bits per heavy atom. The van der Waals surface area contributed by atoms with Gasteiger partial charge < -0.3 is 19.9 Å². The van der Waals surface area contributed by atoms with Crippen molar-refractivity contribution in [2.45, 2.75) is 45.1 Å². The highest BCUT2D eigenvalue weighted by atomic mass is 32.1. The summed E-state index contributed by atoms with van der Waals surface area (Å²) in [7, 11) is 0. The van der Waals surface area contributed by atoms with E-state index in [2.05, 4.69) is 22.4 Å². The van der Waals surface area contributed by atoms with Crippen LogP contribution in [0.2, 0.25) is 0 Å². The zero-order valence-electron chi connectivity index (χ0n) is 18.4. The molecule has 1 aromatic rings. The summed E-state index contributed by atoms with van der Waals surface area (Å²) >= 11 is 5.79. The number of nitrogens with zero attached hydrogens (tertiary/aromatic N) is 2. The number of fused-ring (bicyclic) bond motifs is 2. The minimum atomic E-state index is 0.134. The van der Waals surface area contributed by atoms with Gasteiger partial charge in [-0.25, -0.2) is 0 Å². The van der Waals surface area contributed by atoms with Crippen LogP contribution in [0.1, 0.15) is 49.4 Å². The Hall–Kier alpha value is -2.08. The minimum absolute atomic E-state index is 0.134. The molecule has 2 aliphatic heterocycles. The van der Waals surface area contributed by atoms with E-state index in [4.69, 9.17) is 17.0 Å². The minimum Gasteiger partial charge on any atom is -0.494 e. The maximum absolute atomic E-state index is 12.9. The van der Waals surface area contributed by atoms with Gasteiger partial charge in [0.05, 0.1) is 6.61 Å². The Balaban J connectivity index is 1.13. The molecular formula is C25H33N3O2S. The molecule has 31 heavy (non-hydrogen) atoms. The number of ether oxygens (including phenoxy) is 1. The second-order valence-corrected chi connectivity index (χ2v) is 10.1. The third kappa shape index (κ3) is 4.19. The number of nitrogens with one attached hydrogen (secondary N) is 1. The molecule has 1 N–H and O–H groups in total. The Bertz CT molecular complexity index is 860. The lowest BCUT2D eigenvalue weighted by atomic mass is 9.77. The van der Waals surface area contributed by atoms with Gasteiger partial charge in [-0.15, -0.1) is 0 Å². The monoisotopic (exact) mass is 439 g/mol. The molecule has 3 atom stereocenters. The molecule has 1 amide bonds. The van der Waals surface area contributed by atoms with Gasteiger partial charge in [0.25, 0.3) is 5.91 Å². The maximum atomic E-state index is 12.9. The zero-order chi connectivity index (χ0) is 21.4. The third-order valence-electron chi connectivity index (χ3n) is 7.84. The topological polar surface area (TPSA) is 44.8 Å². The Kier molecular flexibility index (Phi) is 5.67. The lowest BCUT2D eigenvalue weighted by Gasteiger charge is -2.39. The maximum Gasteiger partial charge on any atom is 0.253 e. The number of piperidine rings is 1. The summed E-state index contributed by atoms with van der Waals surface area (Å²) in [5, 5.41) is 4.61. The Morgan fingerprint density at radius 2 is 1.81 bits per heavy atom. The number of allylic oxidation sites excluding steroid dienone is 1. The smallest absolute Gasteiger partial charge is 0.253 e. The highest BCUT2D eigenvalue weighted by molar-refractivity contribution is 7.80. The van der Waals surface area contributed by atoms with Crippen molar-refractivity contribution < 1.29 is 9.53 Å². The van der Waals surface area contributed by atoms with E-state index in [1.807, 2.05) is 36.1 Å². The molecule has 4 aliphatic rings. The Morgan fingerprint density at radius 3 is 2.42 bits per heavy atom. The molecule has 0 aromatic heterocycles. The molecule has 0 radical (unpaired) electrons. The predicted molar refractivity (Wildman–Crippen MR) is 126 cm³/mol. The second kappa shape index (κ2) is 8.45. The van der Waals surface area contributed by atoms with Gasteiger partial charge >= 0.3 is 0 Å². The fourth-order valence-electron chi connectivity index (χ4n) is 5.94. The van der Waals surface area contributed by atoms with Gasteiger partial charge in [0.1, 0.15) is 5.75 Å². The van der Waals surface area contributed by atoms with Crippen LogP contribution in [-0.2, 0) is 0 Å². The molecule has 2 bridgehead atoms. The fourth-order valence-corrected chi connectivity index (χ4v) is 6.25. The highest BCUT2D eigenvalue weighted by Crippen LogP contribution is 2.42. The summed E-state index contributed by atoms with van der Waals surface area (Å²) in [4.78, 5) is 17.3. The molecule has 2 aliphatic carbocycles. The molecule has 5 nitrogen and oxygen atoms in total. The number of hydrogen-bond acceptors (Lipinski definition) is 3. The summed E-state index contributed by atoms with van der Waals surface area (Å²) in [5.74, 6) is 2.37. The number of thiocarbonyl (C=S) groups is 1. The summed E-state index contributed by atoms with van der Waals surface area (Å²) in [5.41, 5.74) is 1.05. The average Bonchev–Trinajstić information content (AvgIpc) is 3.51. The van der Waals surface area contributed by atoms with Crippen LogP contribution in [0.3, 0.4) is 0 Å². The standard InChI is InChI=1S/C25H33N3O2S/c1-2-30-21-7-5-19(6-8-21)23(29)27-12-9-25(10-13-27)11-14-28(17-25)24(31)26-22-16-18-3-4-20(22)15-18/h3-8,18,20,22H,2,9-17H2,1H3,(H,26,31). The average molecular weight is 440 g/mol. The van der Waals surface area contributed by atoms with E-state index in [-0.39, 0.29) is 5.91 Å². The molecule has 5 rings (SSSR count). The molecule has 3 fully saturated rings. The number of benzene rings is 1. The van der Waals surface area contributed by atoms with Gasteiger partial charge in [-0.1, -0.05) is 12.2 Å².